The Morgan fingerprint density at radius 2 is 1.75 bits per heavy atom. The smallest absolute Gasteiger partial charge is 0.129 e. The van der Waals surface area contributed by atoms with E-state index in [2.05, 4.69) is 23.5 Å². The Kier molecular flexibility index (Phi) is 3.15. The lowest BCUT2D eigenvalue weighted by molar-refractivity contribution is 0.506. The van der Waals surface area contributed by atoms with Crippen LogP contribution in [0.5, 0.6) is 0 Å². The van der Waals surface area contributed by atoms with E-state index in [1.807, 2.05) is 12.1 Å². The maximum Gasteiger partial charge on any atom is 0.129 e. The fraction of sp³-hybridized carbons (Fsp3) is 0.235. The third-order valence-corrected chi connectivity index (χ3v) is 3.87. The second-order valence-corrected chi connectivity index (χ2v) is 5.27. The van der Waals surface area contributed by atoms with Crippen LogP contribution in [0, 0.1) is 17.1 Å². The number of nitrogens with zero attached hydrogens (tertiary/aromatic N) is 1. The standard InChI is InChI=1S/C17H15FN2/c18-15-5-7-16(8-6-15)20-17(12-19)10-9-13-3-1-2-4-14(13)11-17/h1-8,20H,9-11H2. The fourth-order valence-corrected chi connectivity index (χ4v) is 2.77. The number of rotatable bonds is 2. The van der Waals surface area contributed by atoms with Crippen LogP contribution in [0.3, 0.4) is 0 Å². The molecule has 2 aromatic rings. The number of benzene rings is 2. The molecule has 0 fully saturated rings. The first-order valence-corrected chi connectivity index (χ1v) is 6.73. The molecular formula is C17H15FN2. The molecule has 0 saturated carbocycles. The lowest BCUT2D eigenvalue weighted by atomic mass is 9.78. The van der Waals surface area contributed by atoms with Crippen LogP contribution in [0.25, 0.3) is 0 Å². The maximum atomic E-state index is 12.9. The van der Waals surface area contributed by atoms with Gasteiger partial charge >= 0.3 is 0 Å². The quantitative estimate of drug-likeness (QED) is 0.899. The third kappa shape index (κ3) is 2.37. The number of nitriles is 1. The highest BCUT2D eigenvalue weighted by Crippen LogP contribution is 2.31. The van der Waals surface area contributed by atoms with Gasteiger partial charge < -0.3 is 5.32 Å². The van der Waals surface area contributed by atoms with Crippen LogP contribution < -0.4 is 5.32 Å². The number of hydrogen-bond acceptors (Lipinski definition) is 2. The van der Waals surface area contributed by atoms with E-state index >= 15 is 0 Å². The van der Waals surface area contributed by atoms with Gasteiger partial charge in [-0.25, -0.2) is 4.39 Å². The van der Waals surface area contributed by atoms with E-state index in [9.17, 15) is 9.65 Å². The van der Waals surface area contributed by atoms with Gasteiger partial charge in [0.2, 0.25) is 0 Å². The molecule has 3 rings (SSSR count). The number of halogens is 1. The first-order chi connectivity index (χ1) is 9.71. The Morgan fingerprint density at radius 3 is 2.45 bits per heavy atom. The third-order valence-electron chi connectivity index (χ3n) is 3.87. The summed E-state index contributed by atoms with van der Waals surface area (Å²) in [5.41, 5.74) is 2.72. The molecular weight excluding hydrogens is 251 g/mol. The number of nitrogens with one attached hydrogen (secondary N) is 1. The van der Waals surface area contributed by atoms with Gasteiger partial charge in [0.1, 0.15) is 11.4 Å². The van der Waals surface area contributed by atoms with Crippen LogP contribution in [0.2, 0.25) is 0 Å². The lowest BCUT2D eigenvalue weighted by Gasteiger charge is -2.34. The van der Waals surface area contributed by atoms with Gasteiger partial charge in [0.25, 0.3) is 0 Å². The van der Waals surface area contributed by atoms with Gasteiger partial charge in [-0.3, -0.25) is 0 Å². The minimum atomic E-state index is -0.605. The topological polar surface area (TPSA) is 35.8 Å². The maximum absolute atomic E-state index is 12.9. The van der Waals surface area contributed by atoms with Crippen LogP contribution in [0.1, 0.15) is 17.5 Å². The molecule has 2 nitrogen and oxygen atoms in total. The van der Waals surface area contributed by atoms with Crippen molar-refractivity contribution in [2.24, 2.45) is 0 Å². The molecule has 1 atom stereocenters. The molecule has 0 amide bonds. The number of anilines is 1. The molecule has 3 heteroatoms. The van der Waals surface area contributed by atoms with Crippen LogP contribution in [-0.2, 0) is 12.8 Å². The molecule has 0 aliphatic heterocycles. The molecule has 1 aliphatic rings. The normalized spacial score (nSPS) is 20.8. The average Bonchev–Trinajstić information content (AvgIpc) is 2.49. The van der Waals surface area contributed by atoms with Crippen molar-refractivity contribution in [2.45, 2.75) is 24.8 Å². The monoisotopic (exact) mass is 266 g/mol. The molecule has 20 heavy (non-hydrogen) atoms. The van der Waals surface area contributed by atoms with E-state index in [1.54, 1.807) is 12.1 Å². The predicted octanol–water partition coefficient (Wildman–Crippen LogP) is 3.69. The van der Waals surface area contributed by atoms with E-state index in [0.717, 1.165) is 18.5 Å². The van der Waals surface area contributed by atoms with Gasteiger partial charge in [-0.15, -0.1) is 0 Å². The Bertz CT molecular complexity index is 657. The van der Waals surface area contributed by atoms with Crippen LogP contribution in [0.15, 0.2) is 48.5 Å². The van der Waals surface area contributed by atoms with Crippen molar-refractivity contribution in [3.05, 3.63) is 65.5 Å². The van der Waals surface area contributed by atoms with Crippen molar-refractivity contribution < 1.29 is 4.39 Å². The number of aryl methyl sites for hydroxylation is 1. The summed E-state index contributed by atoms with van der Waals surface area (Å²) in [7, 11) is 0. The van der Waals surface area contributed by atoms with Gasteiger partial charge in [0, 0.05) is 12.1 Å². The Balaban J connectivity index is 1.87. The first-order valence-electron chi connectivity index (χ1n) is 6.73. The van der Waals surface area contributed by atoms with E-state index in [4.69, 9.17) is 0 Å². The summed E-state index contributed by atoms with van der Waals surface area (Å²) in [4.78, 5) is 0. The summed E-state index contributed by atoms with van der Waals surface area (Å²) in [5.74, 6) is -0.268. The van der Waals surface area contributed by atoms with Crippen molar-refractivity contribution in [3.63, 3.8) is 0 Å². The molecule has 0 bridgehead atoms. The molecule has 0 spiro atoms. The van der Waals surface area contributed by atoms with E-state index < -0.39 is 5.54 Å². The van der Waals surface area contributed by atoms with Crippen molar-refractivity contribution in [1.82, 2.24) is 0 Å². The van der Waals surface area contributed by atoms with Crippen LogP contribution in [-0.4, -0.2) is 5.54 Å². The average molecular weight is 266 g/mol. The summed E-state index contributed by atoms with van der Waals surface area (Å²) in [6, 6.07) is 16.8. The Labute approximate surface area is 117 Å². The molecule has 1 N–H and O–H groups in total. The highest BCUT2D eigenvalue weighted by molar-refractivity contribution is 5.50. The largest absolute Gasteiger partial charge is 0.367 e. The zero-order valence-electron chi connectivity index (χ0n) is 11.1. The molecule has 0 heterocycles. The SMILES string of the molecule is N#CC1(Nc2ccc(F)cc2)CCc2ccccc2C1. The van der Waals surface area contributed by atoms with Gasteiger partial charge in [0.15, 0.2) is 0 Å². The van der Waals surface area contributed by atoms with Gasteiger partial charge in [-0.1, -0.05) is 24.3 Å². The summed E-state index contributed by atoms with van der Waals surface area (Å²) in [5, 5.41) is 12.9. The Morgan fingerprint density at radius 1 is 1.05 bits per heavy atom. The molecule has 0 saturated heterocycles. The zero-order valence-corrected chi connectivity index (χ0v) is 11.1. The second kappa shape index (κ2) is 4.97. The summed E-state index contributed by atoms with van der Waals surface area (Å²) in [6.45, 7) is 0. The van der Waals surface area contributed by atoms with Crippen molar-refractivity contribution in [3.8, 4) is 6.07 Å². The van der Waals surface area contributed by atoms with Gasteiger partial charge in [0.05, 0.1) is 6.07 Å². The van der Waals surface area contributed by atoms with Gasteiger partial charge in [-0.05, 0) is 48.2 Å². The van der Waals surface area contributed by atoms with Crippen molar-refractivity contribution in [1.29, 1.82) is 5.26 Å². The molecule has 1 unspecified atom stereocenters. The summed E-state index contributed by atoms with van der Waals surface area (Å²) >= 11 is 0. The zero-order chi connectivity index (χ0) is 14.0. The van der Waals surface area contributed by atoms with E-state index in [1.165, 1.54) is 23.3 Å². The van der Waals surface area contributed by atoms with E-state index in [-0.39, 0.29) is 5.82 Å². The molecule has 0 radical (unpaired) electrons. The minimum Gasteiger partial charge on any atom is -0.367 e. The minimum absolute atomic E-state index is 0.268. The van der Waals surface area contributed by atoms with Gasteiger partial charge in [-0.2, -0.15) is 5.26 Å². The van der Waals surface area contributed by atoms with E-state index in [0.29, 0.717) is 6.42 Å². The first kappa shape index (κ1) is 12.7. The van der Waals surface area contributed by atoms with Crippen LogP contribution in [0.4, 0.5) is 10.1 Å². The second-order valence-electron chi connectivity index (χ2n) is 5.27. The molecule has 1 aliphatic carbocycles. The molecule has 100 valence electrons. The van der Waals surface area contributed by atoms with Crippen molar-refractivity contribution in [2.75, 3.05) is 5.32 Å². The highest BCUT2D eigenvalue weighted by atomic mass is 19.1. The molecule has 2 aromatic carbocycles. The number of hydrogen-bond donors (Lipinski definition) is 1. The predicted molar refractivity (Wildman–Crippen MR) is 76.8 cm³/mol. The van der Waals surface area contributed by atoms with Crippen LogP contribution >= 0.6 is 0 Å². The summed E-state index contributed by atoms with van der Waals surface area (Å²) in [6.07, 6.45) is 2.33. The number of fused-ring (bicyclic) bond motifs is 1. The van der Waals surface area contributed by atoms with Crippen molar-refractivity contribution >= 4 is 5.69 Å². The highest BCUT2D eigenvalue weighted by Gasteiger charge is 2.34. The fourth-order valence-electron chi connectivity index (χ4n) is 2.77. The summed E-state index contributed by atoms with van der Waals surface area (Å²) < 4.78 is 12.9. The lowest BCUT2D eigenvalue weighted by Crippen LogP contribution is -2.42. The molecule has 0 aromatic heterocycles. The Hall–Kier alpha value is -2.34.